The van der Waals surface area contributed by atoms with Crippen LogP contribution in [0.4, 0.5) is 15.6 Å². The third-order valence-corrected chi connectivity index (χ3v) is 5.73. The highest BCUT2D eigenvalue weighted by atomic mass is 32.1. The van der Waals surface area contributed by atoms with Crippen molar-refractivity contribution in [2.45, 2.75) is 39.3 Å². The van der Waals surface area contributed by atoms with Gasteiger partial charge in [0, 0.05) is 17.3 Å². The molecule has 2 N–H and O–H groups in total. The van der Waals surface area contributed by atoms with Crippen molar-refractivity contribution >= 4 is 34.2 Å². The summed E-state index contributed by atoms with van der Waals surface area (Å²) in [7, 11) is 0. The van der Waals surface area contributed by atoms with Gasteiger partial charge in [-0.3, -0.25) is 4.79 Å². The summed E-state index contributed by atoms with van der Waals surface area (Å²) < 4.78 is 10.5. The minimum absolute atomic E-state index is 0.0777. The summed E-state index contributed by atoms with van der Waals surface area (Å²) in [5.41, 5.74) is 3.79. The number of aromatic nitrogens is 1. The normalized spacial score (nSPS) is 12.8. The minimum atomic E-state index is -0.780. The second-order valence-corrected chi connectivity index (χ2v) is 8.38. The highest BCUT2D eigenvalue weighted by Gasteiger charge is 2.24. The fourth-order valence-corrected chi connectivity index (χ4v) is 3.68. The molecule has 1 aliphatic rings. The van der Waals surface area contributed by atoms with Crippen molar-refractivity contribution in [2.24, 2.45) is 0 Å². The number of thiazole rings is 1. The van der Waals surface area contributed by atoms with E-state index in [0.29, 0.717) is 27.5 Å². The number of benzene rings is 2. The summed E-state index contributed by atoms with van der Waals surface area (Å²) in [6.45, 7) is 3.84. The van der Waals surface area contributed by atoms with Gasteiger partial charge in [-0.15, -0.1) is 0 Å². The molecule has 1 heterocycles. The van der Waals surface area contributed by atoms with E-state index in [0.717, 1.165) is 29.7 Å². The Labute approximate surface area is 184 Å². The van der Waals surface area contributed by atoms with Gasteiger partial charge < -0.3 is 20.1 Å². The van der Waals surface area contributed by atoms with Gasteiger partial charge in [0.25, 0.3) is 5.91 Å². The molecule has 0 radical (unpaired) electrons. The van der Waals surface area contributed by atoms with Crippen molar-refractivity contribution in [3.05, 3.63) is 70.9 Å². The first kappa shape index (κ1) is 20.9. The van der Waals surface area contributed by atoms with Crippen molar-refractivity contribution in [1.29, 1.82) is 0 Å². The number of hydrogen-bond donors (Lipinski definition) is 2. The number of amides is 1. The van der Waals surface area contributed by atoms with Crippen LogP contribution < -0.4 is 15.4 Å². The van der Waals surface area contributed by atoms with Crippen LogP contribution in [0.5, 0.6) is 5.06 Å². The number of carbonyl (C=O) groups is 2. The molecule has 1 aromatic heterocycles. The molecule has 1 aliphatic carbocycles. The third-order valence-electron chi connectivity index (χ3n) is 4.78. The molecule has 0 saturated heterocycles. The molecule has 1 fully saturated rings. The van der Waals surface area contributed by atoms with Crippen molar-refractivity contribution in [2.75, 3.05) is 5.32 Å². The SMILES string of the molecule is Cc1ccc(C(=O)NC2CC2)cc1Nc1nc(C)c(OC(=O)OCc2ccccc2)s1. The van der Waals surface area contributed by atoms with Gasteiger partial charge in [-0.2, -0.15) is 0 Å². The number of rotatable bonds is 7. The molecule has 160 valence electrons. The molecular weight excluding hydrogens is 414 g/mol. The van der Waals surface area contributed by atoms with E-state index < -0.39 is 6.16 Å². The maximum Gasteiger partial charge on any atom is 0.515 e. The number of nitrogens with one attached hydrogen (secondary N) is 2. The predicted octanol–water partition coefficient (Wildman–Crippen LogP) is 5.11. The van der Waals surface area contributed by atoms with Crippen molar-refractivity contribution in [3.63, 3.8) is 0 Å². The zero-order valence-corrected chi connectivity index (χ0v) is 18.1. The Balaban J connectivity index is 1.39. The maximum atomic E-state index is 12.3. The first-order valence-electron chi connectivity index (χ1n) is 10.0. The lowest BCUT2D eigenvalue weighted by Gasteiger charge is -2.10. The standard InChI is InChI=1S/C23H23N3O4S/c1-14-8-9-17(20(27)25-18-10-11-18)12-19(14)26-22-24-15(2)21(31-22)30-23(28)29-13-16-6-4-3-5-7-16/h3-9,12,18H,10-11,13H2,1-2H3,(H,24,26)(H,25,27). The topological polar surface area (TPSA) is 89.5 Å². The second kappa shape index (κ2) is 9.18. The molecule has 0 unspecified atom stereocenters. The molecule has 31 heavy (non-hydrogen) atoms. The van der Waals surface area contributed by atoms with E-state index in [1.54, 1.807) is 13.0 Å². The highest BCUT2D eigenvalue weighted by molar-refractivity contribution is 7.17. The quantitative estimate of drug-likeness (QED) is 0.499. The van der Waals surface area contributed by atoms with E-state index in [1.165, 1.54) is 11.3 Å². The van der Waals surface area contributed by atoms with Crippen LogP contribution in [-0.2, 0) is 11.3 Å². The van der Waals surface area contributed by atoms with Crippen LogP contribution in [0.3, 0.4) is 0 Å². The first-order valence-corrected chi connectivity index (χ1v) is 10.8. The molecule has 0 aliphatic heterocycles. The summed E-state index contributed by atoms with van der Waals surface area (Å²) in [6, 6.07) is 15.2. The van der Waals surface area contributed by atoms with E-state index in [9.17, 15) is 9.59 Å². The Kier molecular flexibility index (Phi) is 6.18. The maximum absolute atomic E-state index is 12.3. The zero-order valence-electron chi connectivity index (χ0n) is 17.3. The minimum Gasteiger partial charge on any atom is -0.429 e. The lowest BCUT2D eigenvalue weighted by Crippen LogP contribution is -2.25. The van der Waals surface area contributed by atoms with E-state index in [-0.39, 0.29) is 12.5 Å². The van der Waals surface area contributed by atoms with Crippen LogP contribution in [0.25, 0.3) is 0 Å². The van der Waals surface area contributed by atoms with E-state index in [2.05, 4.69) is 15.6 Å². The molecule has 0 atom stereocenters. The first-order chi connectivity index (χ1) is 15.0. The van der Waals surface area contributed by atoms with Crippen LogP contribution in [-0.4, -0.2) is 23.1 Å². The lowest BCUT2D eigenvalue weighted by molar-refractivity contribution is 0.0932. The summed E-state index contributed by atoms with van der Waals surface area (Å²) in [6.07, 6.45) is 1.30. The van der Waals surface area contributed by atoms with Gasteiger partial charge in [0.05, 0.1) is 5.69 Å². The van der Waals surface area contributed by atoms with Gasteiger partial charge in [-0.05, 0) is 49.9 Å². The molecule has 1 saturated carbocycles. The zero-order chi connectivity index (χ0) is 21.8. The Morgan fingerprint density at radius 2 is 1.90 bits per heavy atom. The van der Waals surface area contributed by atoms with Crippen molar-refractivity contribution in [3.8, 4) is 5.06 Å². The third kappa shape index (κ3) is 5.61. The lowest BCUT2D eigenvalue weighted by atomic mass is 10.1. The van der Waals surface area contributed by atoms with Gasteiger partial charge in [-0.25, -0.2) is 9.78 Å². The monoisotopic (exact) mass is 437 g/mol. The average molecular weight is 438 g/mol. The fraction of sp³-hybridized carbons (Fsp3) is 0.261. The number of hydrogen-bond acceptors (Lipinski definition) is 7. The Hall–Kier alpha value is -3.39. The van der Waals surface area contributed by atoms with Gasteiger partial charge in [0.15, 0.2) is 5.13 Å². The number of anilines is 2. The number of aryl methyl sites for hydroxylation is 2. The largest absolute Gasteiger partial charge is 0.515 e. The van der Waals surface area contributed by atoms with Crippen LogP contribution in [0.15, 0.2) is 48.5 Å². The summed E-state index contributed by atoms with van der Waals surface area (Å²) in [4.78, 5) is 28.8. The smallest absolute Gasteiger partial charge is 0.429 e. The molecule has 2 aromatic carbocycles. The van der Waals surface area contributed by atoms with Crippen molar-refractivity contribution in [1.82, 2.24) is 10.3 Å². The van der Waals surface area contributed by atoms with E-state index >= 15 is 0 Å². The second-order valence-electron chi connectivity index (χ2n) is 7.42. The van der Waals surface area contributed by atoms with Gasteiger partial charge in [-0.1, -0.05) is 47.7 Å². The molecule has 1 amide bonds. The molecule has 8 heteroatoms. The average Bonchev–Trinajstić information content (AvgIpc) is 3.51. The highest BCUT2D eigenvalue weighted by Crippen LogP contribution is 2.33. The Bertz CT molecular complexity index is 1090. The molecule has 4 rings (SSSR count). The molecule has 7 nitrogen and oxygen atoms in total. The fourth-order valence-electron chi connectivity index (χ4n) is 2.86. The van der Waals surface area contributed by atoms with E-state index in [1.807, 2.05) is 49.4 Å². The van der Waals surface area contributed by atoms with Crippen LogP contribution in [0.1, 0.15) is 40.0 Å². The van der Waals surface area contributed by atoms with Gasteiger partial charge in [0.1, 0.15) is 6.61 Å². The summed E-state index contributed by atoms with van der Waals surface area (Å²) in [5, 5.41) is 7.14. The van der Waals surface area contributed by atoms with E-state index in [4.69, 9.17) is 9.47 Å². The van der Waals surface area contributed by atoms with Gasteiger partial charge >= 0.3 is 6.16 Å². The van der Waals surface area contributed by atoms with Crippen LogP contribution >= 0.6 is 11.3 Å². The molecule has 0 bridgehead atoms. The molecule has 0 spiro atoms. The Morgan fingerprint density at radius 1 is 1.13 bits per heavy atom. The van der Waals surface area contributed by atoms with Gasteiger partial charge in [0.2, 0.25) is 5.06 Å². The van der Waals surface area contributed by atoms with Crippen molar-refractivity contribution < 1.29 is 19.1 Å². The predicted molar refractivity (Wildman–Crippen MR) is 119 cm³/mol. The number of carbonyl (C=O) groups excluding carboxylic acids is 2. The van der Waals surface area contributed by atoms with Crippen LogP contribution in [0, 0.1) is 13.8 Å². The number of nitrogens with zero attached hydrogens (tertiary/aromatic N) is 1. The Morgan fingerprint density at radius 3 is 2.65 bits per heavy atom. The van der Waals surface area contributed by atoms with Crippen LogP contribution in [0.2, 0.25) is 0 Å². The molecule has 3 aromatic rings. The summed E-state index contributed by atoms with van der Waals surface area (Å²) >= 11 is 1.20. The number of ether oxygens (including phenoxy) is 2. The summed E-state index contributed by atoms with van der Waals surface area (Å²) in [5.74, 6) is -0.0777. The molecular formula is C23H23N3O4S.